The second-order valence-electron chi connectivity index (χ2n) is 13.1. The topological polar surface area (TPSA) is 162 Å². The van der Waals surface area contributed by atoms with Crippen LogP contribution in [0.1, 0.15) is 59.1 Å². The molecule has 2 saturated heterocycles. The maximum atomic E-state index is 13.1. The summed E-state index contributed by atoms with van der Waals surface area (Å²) >= 11 is 0. The van der Waals surface area contributed by atoms with Crippen molar-refractivity contribution in [2.24, 2.45) is 34.0 Å². The van der Waals surface area contributed by atoms with E-state index in [-0.39, 0.29) is 0 Å². The van der Waals surface area contributed by atoms with Gasteiger partial charge < -0.3 is 38.7 Å². The van der Waals surface area contributed by atoms with Crippen LogP contribution in [0.5, 0.6) is 0 Å². The third-order valence-corrected chi connectivity index (χ3v) is 10.9. The van der Waals surface area contributed by atoms with Crippen LogP contribution in [0.2, 0.25) is 0 Å². The van der Waals surface area contributed by atoms with E-state index in [2.05, 4.69) is 0 Å². The number of cyclic esters (lactones) is 1. The number of ether oxygens (including phenoxy) is 4. The van der Waals surface area contributed by atoms with Crippen molar-refractivity contribution in [3.8, 4) is 0 Å². The van der Waals surface area contributed by atoms with Gasteiger partial charge in [0, 0.05) is 40.6 Å². The summed E-state index contributed by atoms with van der Waals surface area (Å²) in [5, 5.41) is 36.3. The number of hydrogen-bond acceptors (Lipinski definition) is 11. The number of carbonyl (C=O) groups is 3. The number of fused-ring (bicyclic) bond motifs is 3. The van der Waals surface area contributed by atoms with E-state index in [9.17, 15) is 29.7 Å². The van der Waals surface area contributed by atoms with Crippen molar-refractivity contribution in [2.75, 3.05) is 7.11 Å². The average molecular weight is 561 g/mol. The van der Waals surface area contributed by atoms with Crippen molar-refractivity contribution in [1.82, 2.24) is 0 Å². The molecule has 0 amide bonds. The van der Waals surface area contributed by atoms with E-state index < -0.39 is 87.7 Å². The van der Waals surface area contributed by atoms with Crippen LogP contribution in [-0.4, -0.2) is 70.0 Å². The predicted molar refractivity (Wildman–Crippen MR) is 134 cm³/mol. The number of rotatable bonds is 3. The second-order valence-corrected chi connectivity index (χ2v) is 13.1. The maximum absolute atomic E-state index is 13.1. The van der Waals surface area contributed by atoms with Gasteiger partial charge in [-0.2, -0.15) is 0 Å². The van der Waals surface area contributed by atoms with E-state index in [4.69, 9.17) is 23.4 Å². The summed E-state index contributed by atoms with van der Waals surface area (Å²) < 4.78 is 27.9. The van der Waals surface area contributed by atoms with Gasteiger partial charge in [-0.25, -0.2) is 9.59 Å². The largest absolute Gasteiger partial charge is 0.472 e. The summed E-state index contributed by atoms with van der Waals surface area (Å²) in [6, 6.07) is 1.71. The first-order chi connectivity index (χ1) is 18.6. The van der Waals surface area contributed by atoms with Crippen molar-refractivity contribution in [3.63, 3.8) is 0 Å². The maximum Gasteiger partial charge on any atom is 0.336 e. The highest BCUT2D eigenvalue weighted by molar-refractivity contribution is 5.78. The zero-order chi connectivity index (χ0) is 29.2. The summed E-state index contributed by atoms with van der Waals surface area (Å²) in [6.45, 7) is 8.42. The molecule has 3 aliphatic carbocycles. The number of aliphatic hydroxyl groups is 3. The number of methoxy groups -OCH3 is 1. The zero-order valence-electron chi connectivity index (χ0n) is 23.4. The molecule has 40 heavy (non-hydrogen) atoms. The highest BCUT2D eigenvalue weighted by atomic mass is 16.7. The molecule has 4 bridgehead atoms. The van der Waals surface area contributed by atoms with E-state index in [1.807, 2.05) is 6.92 Å². The van der Waals surface area contributed by atoms with E-state index in [1.54, 1.807) is 26.8 Å². The normalized spacial score (nSPS) is 48.3. The van der Waals surface area contributed by atoms with Crippen LogP contribution in [-0.2, 0) is 33.3 Å². The minimum atomic E-state index is -2.36. The molecule has 11 atom stereocenters. The van der Waals surface area contributed by atoms with Crippen molar-refractivity contribution in [3.05, 3.63) is 35.8 Å². The molecular weight excluding hydrogens is 524 g/mol. The van der Waals surface area contributed by atoms with Gasteiger partial charge in [-0.3, -0.25) is 4.79 Å². The Hall–Kier alpha value is -2.73. The lowest BCUT2D eigenvalue weighted by atomic mass is 9.38. The van der Waals surface area contributed by atoms with Crippen LogP contribution in [0.3, 0.4) is 0 Å². The summed E-state index contributed by atoms with van der Waals surface area (Å²) in [5.41, 5.74) is -4.37. The molecule has 0 radical (unpaired) electrons. The highest BCUT2D eigenvalue weighted by Crippen LogP contribution is 2.76. The van der Waals surface area contributed by atoms with Crippen molar-refractivity contribution < 1.29 is 53.1 Å². The Balaban J connectivity index is 1.60. The third-order valence-electron chi connectivity index (χ3n) is 10.9. The highest BCUT2D eigenvalue weighted by Gasteiger charge is 2.86. The summed E-state index contributed by atoms with van der Waals surface area (Å²) in [7, 11) is 1.22. The predicted octanol–water partition coefficient (Wildman–Crippen LogP) is 1.80. The standard InChI is InChI=1S/C29H36O11/c1-13(30)38-24-25(2,3)20-19(23(33)36-6)40-29(35)27(20,5)16-7-9-26(4)17(15(16)11-28(24,29)34)18(31)22(32)39-21(26)14-8-10-37-12-14/h8,10-12,16-21,24,31,34-35H,7,9H2,1-6H3/t16?,17?,18-,19+,20+,21+,24+,26-,27-,28-,29+/m1/s1. The monoisotopic (exact) mass is 560 g/mol. The van der Waals surface area contributed by atoms with Crippen LogP contribution in [0.15, 0.2) is 34.7 Å². The van der Waals surface area contributed by atoms with Crippen LogP contribution < -0.4 is 0 Å². The Morgan fingerprint density at radius 1 is 1.15 bits per heavy atom. The molecule has 0 aromatic carbocycles. The fourth-order valence-electron chi connectivity index (χ4n) is 9.47. The van der Waals surface area contributed by atoms with Gasteiger partial charge in [0.05, 0.1) is 19.6 Å². The summed E-state index contributed by atoms with van der Waals surface area (Å²) in [5.74, 6) is -6.70. The van der Waals surface area contributed by atoms with Gasteiger partial charge in [0.2, 0.25) is 5.79 Å². The molecule has 11 nitrogen and oxygen atoms in total. The van der Waals surface area contributed by atoms with Crippen molar-refractivity contribution in [2.45, 2.75) is 83.3 Å². The van der Waals surface area contributed by atoms with E-state index in [0.29, 0.717) is 24.0 Å². The van der Waals surface area contributed by atoms with Gasteiger partial charge in [0.1, 0.15) is 12.2 Å². The molecule has 3 N–H and O–H groups in total. The van der Waals surface area contributed by atoms with Crippen LogP contribution in [0.4, 0.5) is 0 Å². The van der Waals surface area contributed by atoms with Crippen LogP contribution >= 0.6 is 0 Å². The molecular formula is C29H36O11. The van der Waals surface area contributed by atoms with Gasteiger partial charge in [-0.1, -0.05) is 33.3 Å². The van der Waals surface area contributed by atoms with Crippen molar-refractivity contribution >= 4 is 17.9 Å². The molecule has 0 spiro atoms. The molecule has 2 saturated carbocycles. The van der Waals surface area contributed by atoms with E-state index in [1.165, 1.54) is 32.6 Å². The molecule has 4 fully saturated rings. The molecule has 218 valence electrons. The van der Waals surface area contributed by atoms with Crippen LogP contribution in [0.25, 0.3) is 0 Å². The smallest absolute Gasteiger partial charge is 0.336 e. The van der Waals surface area contributed by atoms with E-state index in [0.717, 1.165) is 0 Å². The second kappa shape index (κ2) is 8.18. The Morgan fingerprint density at radius 2 is 1.85 bits per heavy atom. The molecule has 1 aromatic rings. The summed E-state index contributed by atoms with van der Waals surface area (Å²) in [6.07, 6.45) is 0.436. The molecule has 3 heterocycles. The first-order valence-corrected chi connectivity index (χ1v) is 13.6. The minimum Gasteiger partial charge on any atom is -0.472 e. The fourth-order valence-corrected chi connectivity index (χ4v) is 9.47. The van der Waals surface area contributed by atoms with Crippen molar-refractivity contribution in [1.29, 1.82) is 0 Å². The molecule has 1 aromatic heterocycles. The third kappa shape index (κ3) is 2.96. The van der Waals surface area contributed by atoms with Gasteiger partial charge in [0.15, 0.2) is 17.8 Å². The Labute approximate surface area is 231 Å². The zero-order valence-corrected chi connectivity index (χ0v) is 23.4. The molecule has 11 heteroatoms. The number of hydrogen-bond donors (Lipinski definition) is 3. The van der Waals surface area contributed by atoms with Gasteiger partial charge in [-0.15, -0.1) is 0 Å². The van der Waals surface area contributed by atoms with E-state index >= 15 is 0 Å². The SMILES string of the molecule is COC(=O)[C@H]1O[C@]2(O)[C@@]3(O)C=C4C5[C@@H](O)C(=O)O[C@@H](c6ccoc6)[C@]5(C)CCC4[C@]2(C)[C@@H]1C(C)(C)[C@@H]3OC(C)=O. The summed E-state index contributed by atoms with van der Waals surface area (Å²) in [4.78, 5) is 38.5. The molecule has 2 unspecified atom stereocenters. The van der Waals surface area contributed by atoms with Gasteiger partial charge in [0.25, 0.3) is 0 Å². The molecule has 5 aliphatic rings. The lowest BCUT2D eigenvalue weighted by Gasteiger charge is -2.68. The van der Waals surface area contributed by atoms with Gasteiger partial charge in [-0.05, 0) is 30.9 Å². The molecule has 2 aliphatic heterocycles. The minimum absolute atomic E-state index is 0.467. The Kier molecular flexibility index (Phi) is 5.61. The number of furan rings is 1. The fraction of sp³-hybridized carbons (Fsp3) is 0.690. The first-order valence-electron chi connectivity index (χ1n) is 13.6. The first kappa shape index (κ1) is 27.4. The Bertz CT molecular complexity index is 1300. The number of carbonyl (C=O) groups excluding carboxylic acids is 3. The quantitative estimate of drug-likeness (QED) is 0.281. The number of esters is 3. The molecule has 6 rings (SSSR count). The lowest BCUT2D eigenvalue weighted by molar-refractivity contribution is -0.370. The lowest BCUT2D eigenvalue weighted by Crippen LogP contribution is -2.79. The average Bonchev–Trinajstić information content (AvgIpc) is 3.48. The van der Waals surface area contributed by atoms with Gasteiger partial charge >= 0.3 is 17.9 Å². The number of aliphatic hydroxyl groups excluding tert-OH is 1. The Morgan fingerprint density at radius 3 is 2.45 bits per heavy atom. The van der Waals surface area contributed by atoms with Crippen LogP contribution in [0, 0.1) is 34.0 Å².